The van der Waals surface area contributed by atoms with Gasteiger partial charge in [0.25, 0.3) is 0 Å². The van der Waals surface area contributed by atoms with Crippen LogP contribution in [0.25, 0.3) is 0 Å². The van der Waals surface area contributed by atoms with Crippen molar-refractivity contribution < 1.29 is 14.3 Å². The van der Waals surface area contributed by atoms with Crippen LogP contribution in [0.15, 0.2) is 47.4 Å². The first-order valence-electron chi connectivity index (χ1n) is 6.28. The second-order valence-corrected chi connectivity index (χ2v) is 5.67. The van der Waals surface area contributed by atoms with E-state index >= 15 is 0 Å². The standard InChI is InChI=1S/C16H15ClO3S/c1-19-14-9-12(17)8-13(16(18)20-2)15(14)21-10-11-6-4-3-5-7-11/h3-9H,10H2,1-2H3. The van der Waals surface area contributed by atoms with Gasteiger partial charge in [-0.15, -0.1) is 11.8 Å². The summed E-state index contributed by atoms with van der Waals surface area (Å²) >= 11 is 7.54. The fourth-order valence-electron chi connectivity index (χ4n) is 1.86. The zero-order valence-corrected chi connectivity index (χ0v) is 13.3. The van der Waals surface area contributed by atoms with Crippen molar-refractivity contribution in [3.8, 4) is 5.75 Å². The van der Waals surface area contributed by atoms with Gasteiger partial charge in [0.15, 0.2) is 0 Å². The number of hydrogen-bond acceptors (Lipinski definition) is 4. The Morgan fingerprint density at radius 1 is 1.19 bits per heavy atom. The van der Waals surface area contributed by atoms with Gasteiger partial charge in [-0.25, -0.2) is 4.79 Å². The third-order valence-electron chi connectivity index (χ3n) is 2.87. The molecule has 0 N–H and O–H groups in total. The number of methoxy groups -OCH3 is 2. The quantitative estimate of drug-likeness (QED) is 0.602. The Balaban J connectivity index is 2.33. The first kappa shape index (κ1) is 15.7. The lowest BCUT2D eigenvalue weighted by Crippen LogP contribution is -2.04. The third-order valence-corrected chi connectivity index (χ3v) is 4.28. The van der Waals surface area contributed by atoms with Gasteiger partial charge >= 0.3 is 5.97 Å². The van der Waals surface area contributed by atoms with Crippen molar-refractivity contribution in [2.75, 3.05) is 14.2 Å². The van der Waals surface area contributed by atoms with Crippen molar-refractivity contribution in [1.82, 2.24) is 0 Å². The van der Waals surface area contributed by atoms with Crippen LogP contribution >= 0.6 is 23.4 Å². The van der Waals surface area contributed by atoms with Gasteiger partial charge in [-0.1, -0.05) is 41.9 Å². The van der Waals surface area contributed by atoms with Crippen LogP contribution in [0, 0.1) is 0 Å². The van der Waals surface area contributed by atoms with Gasteiger partial charge in [-0.3, -0.25) is 0 Å². The normalized spacial score (nSPS) is 10.2. The number of ether oxygens (including phenoxy) is 2. The molecule has 0 amide bonds. The van der Waals surface area contributed by atoms with E-state index in [4.69, 9.17) is 21.1 Å². The molecule has 110 valence electrons. The van der Waals surface area contributed by atoms with E-state index in [0.29, 0.717) is 16.3 Å². The number of hydrogen-bond donors (Lipinski definition) is 0. The molecule has 0 saturated carbocycles. The molecular formula is C16H15ClO3S. The van der Waals surface area contributed by atoms with Crippen molar-refractivity contribution >= 4 is 29.3 Å². The number of benzene rings is 2. The lowest BCUT2D eigenvalue weighted by Gasteiger charge is -2.13. The predicted octanol–water partition coefficient (Wildman–Crippen LogP) is 4.43. The minimum Gasteiger partial charge on any atom is -0.496 e. The molecule has 21 heavy (non-hydrogen) atoms. The molecule has 2 aromatic rings. The monoisotopic (exact) mass is 322 g/mol. The van der Waals surface area contributed by atoms with Crippen molar-refractivity contribution in [1.29, 1.82) is 0 Å². The van der Waals surface area contributed by atoms with Gasteiger partial charge < -0.3 is 9.47 Å². The molecule has 0 aromatic heterocycles. The molecule has 5 heteroatoms. The highest BCUT2D eigenvalue weighted by Crippen LogP contribution is 2.37. The van der Waals surface area contributed by atoms with Crippen LogP contribution in [0.2, 0.25) is 5.02 Å². The Morgan fingerprint density at radius 2 is 1.90 bits per heavy atom. The van der Waals surface area contributed by atoms with Gasteiger partial charge in [0.05, 0.1) is 24.7 Å². The zero-order valence-electron chi connectivity index (χ0n) is 11.8. The van der Waals surface area contributed by atoms with Crippen molar-refractivity contribution in [2.24, 2.45) is 0 Å². The van der Waals surface area contributed by atoms with Gasteiger partial charge in [-0.05, 0) is 17.7 Å². The number of thioether (sulfide) groups is 1. The second kappa shape index (κ2) is 7.38. The molecule has 0 spiro atoms. The summed E-state index contributed by atoms with van der Waals surface area (Å²) in [5.41, 5.74) is 1.58. The highest BCUT2D eigenvalue weighted by atomic mass is 35.5. The molecule has 0 atom stereocenters. The van der Waals surface area contributed by atoms with Crippen molar-refractivity contribution in [2.45, 2.75) is 10.6 Å². The zero-order chi connectivity index (χ0) is 15.2. The van der Waals surface area contributed by atoms with Crippen molar-refractivity contribution in [3.63, 3.8) is 0 Å². The van der Waals surface area contributed by atoms with Gasteiger partial charge in [0.1, 0.15) is 5.75 Å². The molecule has 2 rings (SSSR count). The maximum absolute atomic E-state index is 11.9. The smallest absolute Gasteiger partial charge is 0.339 e. The maximum atomic E-state index is 11.9. The first-order valence-corrected chi connectivity index (χ1v) is 7.64. The van der Waals surface area contributed by atoms with Crippen LogP contribution in [0.5, 0.6) is 5.75 Å². The molecule has 0 bridgehead atoms. The molecule has 0 heterocycles. The summed E-state index contributed by atoms with van der Waals surface area (Å²) in [6.45, 7) is 0. The van der Waals surface area contributed by atoms with E-state index in [0.717, 1.165) is 16.2 Å². The third kappa shape index (κ3) is 3.93. The average Bonchev–Trinajstić information content (AvgIpc) is 2.53. The maximum Gasteiger partial charge on any atom is 0.339 e. The summed E-state index contributed by atoms with van der Waals surface area (Å²) < 4.78 is 10.2. The predicted molar refractivity (Wildman–Crippen MR) is 85.3 cm³/mol. The van der Waals surface area contributed by atoms with E-state index < -0.39 is 5.97 Å². The molecule has 0 aliphatic carbocycles. The molecule has 3 nitrogen and oxygen atoms in total. The van der Waals surface area contributed by atoms with E-state index in [-0.39, 0.29) is 0 Å². The minimum absolute atomic E-state index is 0.419. The number of carbonyl (C=O) groups excluding carboxylic acids is 1. The summed E-state index contributed by atoms with van der Waals surface area (Å²) in [7, 11) is 2.90. The van der Waals surface area contributed by atoms with Crippen LogP contribution in [0.1, 0.15) is 15.9 Å². The molecule has 0 aliphatic rings. The molecule has 0 aliphatic heterocycles. The summed E-state index contributed by atoms with van der Waals surface area (Å²) in [5, 5.41) is 0.441. The lowest BCUT2D eigenvalue weighted by molar-refractivity contribution is 0.0596. The Hall–Kier alpha value is -1.65. The largest absolute Gasteiger partial charge is 0.496 e. The highest BCUT2D eigenvalue weighted by molar-refractivity contribution is 7.98. The summed E-state index contributed by atoms with van der Waals surface area (Å²) in [4.78, 5) is 12.7. The molecule has 0 fully saturated rings. The lowest BCUT2D eigenvalue weighted by atomic mass is 10.2. The second-order valence-electron chi connectivity index (χ2n) is 4.25. The Morgan fingerprint density at radius 3 is 2.52 bits per heavy atom. The fourth-order valence-corrected chi connectivity index (χ4v) is 3.15. The summed E-state index contributed by atoms with van der Waals surface area (Å²) in [5.74, 6) is 0.873. The Bertz CT molecular complexity index is 629. The van der Waals surface area contributed by atoms with E-state index in [1.807, 2.05) is 30.3 Å². The summed E-state index contributed by atoms with van der Waals surface area (Å²) in [6.07, 6.45) is 0. The van der Waals surface area contributed by atoms with Gasteiger partial charge in [0, 0.05) is 10.8 Å². The average molecular weight is 323 g/mol. The number of esters is 1. The molecule has 0 saturated heterocycles. The summed E-state index contributed by atoms with van der Waals surface area (Å²) in [6, 6.07) is 13.3. The molecule has 0 radical (unpaired) electrons. The van der Waals surface area contributed by atoms with E-state index in [2.05, 4.69) is 0 Å². The van der Waals surface area contributed by atoms with Crippen LogP contribution in [0.3, 0.4) is 0 Å². The van der Waals surface area contributed by atoms with Gasteiger partial charge in [0.2, 0.25) is 0 Å². The van der Waals surface area contributed by atoms with E-state index in [1.54, 1.807) is 19.2 Å². The first-order chi connectivity index (χ1) is 10.2. The topological polar surface area (TPSA) is 35.5 Å². The number of carbonyl (C=O) groups is 1. The van der Waals surface area contributed by atoms with Crippen LogP contribution in [-0.4, -0.2) is 20.2 Å². The van der Waals surface area contributed by atoms with Crippen LogP contribution in [0.4, 0.5) is 0 Å². The Labute approximate surface area is 133 Å². The minimum atomic E-state index is -0.425. The number of rotatable bonds is 5. The Kier molecular flexibility index (Phi) is 5.53. The highest BCUT2D eigenvalue weighted by Gasteiger charge is 2.18. The molecule has 0 unspecified atom stereocenters. The SMILES string of the molecule is COC(=O)c1cc(Cl)cc(OC)c1SCc1ccccc1. The van der Waals surface area contributed by atoms with E-state index in [9.17, 15) is 4.79 Å². The molecular weight excluding hydrogens is 308 g/mol. The van der Waals surface area contributed by atoms with E-state index in [1.165, 1.54) is 18.9 Å². The van der Waals surface area contributed by atoms with Gasteiger partial charge in [-0.2, -0.15) is 0 Å². The molecule has 2 aromatic carbocycles. The number of halogens is 1. The van der Waals surface area contributed by atoms with Crippen LogP contribution < -0.4 is 4.74 Å². The van der Waals surface area contributed by atoms with Crippen molar-refractivity contribution in [3.05, 3.63) is 58.6 Å². The van der Waals surface area contributed by atoms with Crippen LogP contribution in [-0.2, 0) is 10.5 Å². The fraction of sp³-hybridized carbons (Fsp3) is 0.188.